The van der Waals surface area contributed by atoms with Crippen molar-refractivity contribution in [1.82, 2.24) is 16.0 Å². The fraction of sp³-hybridized carbons (Fsp3) is 0.324. The van der Waals surface area contributed by atoms with Gasteiger partial charge in [0, 0.05) is 29.8 Å². The average Bonchev–Trinajstić information content (AvgIpc) is 3.54. The molecule has 5 rings (SSSR count). The number of halogens is 3. The van der Waals surface area contributed by atoms with E-state index in [2.05, 4.69) is 16.0 Å². The maximum absolute atomic E-state index is 14.1. The Bertz CT molecular complexity index is 1750. The van der Waals surface area contributed by atoms with Gasteiger partial charge in [0.05, 0.1) is 24.9 Å². The molecule has 8 nitrogen and oxygen atoms in total. The van der Waals surface area contributed by atoms with E-state index in [0.29, 0.717) is 35.7 Å². The van der Waals surface area contributed by atoms with Crippen LogP contribution >= 0.6 is 0 Å². The van der Waals surface area contributed by atoms with Crippen molar-refractivity contribution in [2.24, 2.45) is 0 Å². The molecule has 0 spiro atoms. The Kier molecular flexibility index (Phi) is 10.4. The van der Waals surface area contributed by atoms with Crippen LogP contribution in [-0.4, -0.2) is 35.8 Å². The zero-order valence-electron chi connectivity index (χ0n) is 27.1. The number of anilines is 1. The second kappa shape index (κ2) is 14.5. The predicted octanol–water partition coefficient (Wildman–Crippen LogP) is 6.64. The normalized spacial score (nSPS) is 15.1. The van der Waals surface area contributed by atoms with E-state index in [1.165, 1.54) is 11.0 Å². The molecule has 0 aliphatic carbocycles. The second-order valence-corrected chi connectivity index (χ2v) is 12.5. The van der Waals surface area contributed by atoms with Gasteiger partial charge in [-0.2, -0.15) is 13.2 Å². The number of nitrogens with zero attached hydrogens (tertiary/aromatic N) is 1. The first kappa shape index (κ1) is 34.4. The Morgan fingerprint density at radius 3 is 2.42 bits per heavy atom. The molecule has 0 fully saturated rings. The summed E-state index contributed by atoms with van der Waals surface area (Å²) in [5, 5.41) is 8.96. The van der Waals surface area contributed by atoms with E-state index in [9.17, 15) is 27.6 Å². The Balaban J connectivity index is 1.38. The molecule has 0 saturated heterocycles. The molecular weight excluding hydrogens is 621 g/mol. The third-order valence-corrected chi connectivity index (χ3v) is 8.34. The van der Waals surface area contributed by atoms with E-state index in [1.807, 2.05) is 63.2 Å². The molecule has 1 aliphatic rings. The van der Waals surface area contributed by atoms with Crippen LogP contribution in [0.2, 0.25) is 0 Å². The number of fused-ring (bicyclic) bond motifs is 1. The van der Waals surface area contributed by atoms with E-state index in [-0.39, 0.29) is 37.6 Å². The summed E-state index contributed by atoms with van der Waals surface area (Å²) in [7, 11) is 0. The zero-order valence-corrected chi connectivity index (χ0v) is 27.1. The number of rotatable bonds is 11. The molecular formula is C37H39F3N4O4. The van der Waals surface area contributed by atoms with Gasteiger partial charge in [0.2, 0.25) is 11.8 Å². The van der Waals surface area contributed by atoms with Crippen LogP contribution in [0.5, 0.6) is 0 Å². The Labute approximate surface area is 277 Å². The van der Waals surface area contributed by atoms with Crippen LogP contribution in [0.4, 0.5) is 18.9 Å². The SMILES string of the molecule is CCNC(=O)c1ccccc1-c1ccc(CN2C(=O)C(NC(=O)CC(C)(C)NCc3ccco3)CCc3cc(C(F)(F)F)ccc32)cc1. The summed E-state index contributed by atoms with van der Waals surface area (Å²) < 4.78 is 46.3. The van der Waals surface area contributed by atoms with Crippen LogP contribution < -0.4 is 20.9 Å². The second-order valence-electron chi connectivity index (χ2n) is 12.5. The first-order valence-electron chi connectivity index (χ1n) is 15.9. The average molecular weight is 661 g/mol. The van der Waals surface area contributed by atoms with E-state index >= 15 is 0 Å². The van der Waals surface area contributed by atoms with Gasteiger partial charge < -0.3 is 25.3 Å². The molecule has 3 amide bonds. The van der Waals surface area contributed by atoms with Gasteiger partial charge in [0.15, 0.2) is 0 Å². The molecule has 48 heavy (non-hydrogen) atoms. The summed E-state index contributed by atoms with van der Waals surface area (Å²) in [4.78, 5) is 41.4. The highest BCUT2D eigenvalue weighted by Gasteiger charge is 2.36. The molecule has 3 N–H and O–H groups in total. The lowest BCUT2D eigenvalue weighted by molar-refractivity contribution is -0.137. The number of hydrogen-bond donors (Lipinski definition) is 3. The van der Waals surface area contributed by atoms with Crippen LogP contribution in [-0.2, 0) is 35.3 Å². The van der Waals surface area contributed by atoms with Crippen molar-refractivity contribution in [2.45, 2.75) is 70.9 Å². The van der Waals surface area contributed by atoms with Crippen LogP contribution in [0.15, 0.2) is 89.5 Å². The van der Waals surface area contributed by atoms with Gasteiger partial charge in [-0.25, -0.2) is 0 Å². The van der Waals surface area contributed by atoms with Gasteiger partial charge in [-0.1, -0.05) is 42.5 Å². The molecule has 1 unspecified atom stereocenters. The molecule has 0 radical (unpaired) electrons. The van der Waals surface area contributed by atoms with Gasteiger partial charge >= 0.3 is 6.18 Å². The molecule has 1 aromatic heterocycles. The molecule has 3 aromatic carbocycles. The Morgan fingerprint density at radius 1 is 0.979 bits per heavy atom. The molecule has 11 heteroatoms. The fourth-order valence-electron chi connectivity index (χ4n) is 5.86. The summed E-state index contributed by atoms with van der Waals surface area (Å²) in [5.41, 5.74) is 2.12. The maximum atomic E-state index is 14.1. The minimum Gasteiger partial charge on any atom is -0.468 e. The first-order chi connectivity index (χ1) is 22.8. The summed E-state index contributed by atoms with van der Waals surface area (Å²) in [5.74, 6) is -0.239. The van der Waals surface area contributed by atoms with E-state index in [4.69, 9.17) is 4.42 Å². The Hall–Kier alpha value is -4.90. The first-order valence-corrected chi connectivity index (χ1v) is 15.9. The number of carbonyl (C=O) groups excluding carboxylic acids is 3. The van der Waals surface area contributed by atoms with Crippen LogP contribution in [0, 0.1) is 0 Å². The monoisotopic (exact) mass is 660 g/mol. The molecule has 0 bridgehead atoms. The lowest BCUT2D eigenvalue weighted by Crippen LogP contribution is -2.50. The molecule has 2 heterocycles. The van der Waals surface area contributed by atoms with Crippen molar-refractivity contribution in [3.63, 3.8) is 0 Å². The number of furan rings is 1. The summed E-state index contributed by atoms with van der Waals surface area (Å²) in [6, 6.07) is 20.6. The standard InChI is InChI=1S/C37H39F3N4O4/c1-4-41-34(46)30-10-6-5-9-29(30)25-13-11-24(12-14-25)23-44-32-18-16-27(37(38,39)40)20-26(32)15-17-31(35(44)47)43-33(45)21-36(2,3)42-22-28-8-7-19-48-28/h5-14,16,18-20,31,42H,4,15,17,21-23H2,1-3H3,(H,41,46)(H,43,45). The van der Waals surface area contributed by atoms with E-state index < -0.39 is 29.2 Å². The highest BCUT2D eigenvalue weighted by molar-refractivity contribution is 6.01. The van der Waals surface area contributed by atoms with Crippen molar-refractivity contribution >= 4 is 23.4 Å². The summed E-state index contributed by atoms with van der Waals surface area (Å²) >= 11 is 0. The topological polar surface area (TPSA) is 104 Å². The molecule has 1 aliphatic heterocycles. The van der Waals surface area contributed by atoms with Crippen molar-refractivity contribution in [3.05, 3.63) is 113 Å². The largest absolute Gasteiger partial charge is 0.468 e. The molecule has 1 atom stereocenters. The third-order valence-electron chi connectivity index (χ3n) is 8.34. The third kappa shape index (κ3) is 8.32. The lowest BCUT2D eigenvalue weighted by Gasteiger charge is -2.29. The molecule has 4 aromatic rings. The number of amides is 3. The van der Waals surface area contributed by atoms with Crippen molar-refractivity contribution in [1.29, 1.82) is 0 Å². The van der Waals surface area contributed by atoms with Gasteiger partial charge in [-0.15, -0.1) is 0 Å². The highest BCUT2D eigenvalue weighted by atomic mass is 19.4. The van der Waals surface area contributed by atoms with E-state index in [0.717, 1.165) is 28.8 Å². The van der Waals surface area contributed by atoms with E-state index in [1.54, 1.807) is 24.5 Å². The highest BCUT2D eigenvalue weighted by Crippen LogP contribution is 2.36. The minimum atomic E-state index is -4.54. The maximum Gasteiger partial charge on any atom is 0.416 e. The van der Waals surface area contributed by atoms with Crippen LogP contribution in [0.3, 0.4) is 0 Å². The smallest absolute Gasteiger partial charge is 0.416 e. The van der Waals surface area contributed by atoms with Crippen molar-refractivity contribution < 1.29 is 32.0 Å². The number of benzene rings is 3. The fourth-order valence-corrected chi connectivity index (χ4v) is 5.86. The Morgan fingerprint density at radius 2 is 1.73 bits per heavy atom. The minimum absolute atomic E-state index is 0.0574. The summed E-state index contributed by atoms with van der Waals surface area (Å²) in [6.45, 7) is 6.55. The number of alkyl halides is 3. The molecule has 0 saturated carbocycles. The van der Waals surface area contributed by atoms with Gasteiger partial charge in [-0.05, 0) is 92.3 Å². The van der Waals surface area contributed by atoms with Crippen molar-refractivity contribution in [3.8, 4) is 11.1 Å². The van der Waals surface area contributed by atoms with Crippen LogP contribution in [0.1, 0.15) is 66.4 Å². The number of nitrogens with one attached hydrogen (secondary N) is 3. The van der Waals surface area contributed by atoms with Gasteiger partial charge in [0.25, 0.3) is 5.91 Å². The van der Waals surface area contributed by atoms with Crippen LogP contribution in [0.25, 0.3) is 11.1 Å². The lowest BCUT2D eigenvalue weighted by atomic mass is 9.98. The van der Waals surface area contributed by atoms with Gasteiger partial charge in [0.1, 0.15) is 11.8 Å². The number of aryl methyl sites for hydroxylation is 1. The quantitative estimate of drug-likeness (QED) is 0.168. The molecule has 252 valence electrons. The summed E-state index contributed by atoms with van der Waals surface area (Å²) in [6.07, 6.45) is -2.61. The van der Waals surface area contributed by atoms with Gasteiger partial charge in [-0.3, -0.25) is 14.4 Å². The number of carbonyl (C=O) groups is 3. The van der Waals surface area contributed by atoms with Crippen molar-refractivity contribution in [2.75, 3.05) is 11.4 Å². The predicted molar refractivity (Wildman–Crippen MR) is 177 cm³/mol. The zero-order chi connectivity index (χ0) is 34.5. The number of hydrogen-bond acceptors (Lipinski definition) is 5.